The molecule has 1 saturated heterocycles. The van der Waals surface area contributed by atoms with E-state index in [2.05, 4.69) is 15.3 Å². The summed E-state index contributed by atoms with van der Waals surface area (Å²) in [6.07, 6.45) is 10.4. The molecule has 0 spiro atoms. The molecule has 6 nitrogen and oxygen atoms in total. The van der Waals surface area contributed by atoms with Gasteiger partial charge in [-0.15, -0.1) is 0 Å². The third-order valence-corrected chi connectivity index (χ3v) is 6.86. The van der Waals surface area contributed by atoms with E-state index in [1.54, 1.807) is 30.6 Å². The highest BCUT2D eigenvalue weighted by Crippen LogP contribution is 2.26. The van der Waals surface area contributed by atoms with Crippen LogP contribution in [0.25, 0.3) is 6.08 Å². The van der Waals surface area contributed by atoms with Crippen molar-refractivity contribution in [3.05, 3.63) is 62.8 Å². The first-order valence-corrected chi connectivity index (χ1v) is 11.8. The van der Waals surface area contributed by atoms with Gasteiger partial charge in [0.05, 0.1) is 15.4 Å². The minimum atomic E-state index is -0.452. The fourth-order valence-electron chi connectivity index (χ4n) is 4.25. The summed E-state index contributed by atoms with van der Waals surface area (Å²) in [4.78, 5) is 35.4. The van der Waals surface area contributed by atoms with Gasteiger partial charge >= 0.3 is 0 Å². The Kier molecular flexibility index (Phi) is 7.43. The van der Waals surface area contributed by atoms with E-state index >= 15 is 0 Å². The van der Waals surface area contributed by atoms with Gasteiger partial charge in [-0.2, -0.15) is 0 Å². The molecule has 2 aliphatic rings. The molecule has 8 heteroatoms. The third kappa shape index (κ3) is 5.48. The predicted octanol–water partition coefficient (Wildman–Crippen LogP) is 3.01. The number of rotatable bonds is 7. The van der Waals surface area contributed by atoms with Crippen LogP contribution in [0, 0.1) is 5.92 Å². The molecular formula is C24H26Cl2N4O2. The van der Waals surface area contributed by atoms with Crippen LogP contribution in [0.2, 0.25) is 10.0 Å². The molecule has 1 N–H and O–H groups in total. The lowest BCUT2D eigenvalue weighted by Crippen LogP contribution is -2.38. The first-order valence-electron chi connectivity index (χ1n) is 11.0. The van der Waals surface area contributed by atoms with Crippen LogP contribution in [0.3, 0.4) is 0 Å². The van der Waals surface area contributed by atoms with Crippen LogP contribution in [0.15, 0.2) is 41.7 Å². The van der Waals surface area contributed by atoms with Gasteiger partial charge in [-0.05, 0) is 55.5 Å². The van der Waals surface area contributed by atoms with Gasteiger partial charge in [-0.3, -0.25) is 19.6 Å². The number of nitrogens with zero attached hydrogens (tertiary/aromatic N) is 3. The number of amides is 2. The summed E-state index contributed by atoms with van der Waals surface area (Å²) in [6.45, 7) is 2.17. The van der Waals surface area contributed by atoms with Gasteiger partial charge in [0.1, 0.15) is 6.04 Å². The topological polar surface area (TPSA) is 74.7 Å². The van der Waals surface area contributed by atoms with Crippen LogP contribution in [-0.4, -0.2) is 47.4 Å². The molecule has 0 bridgehead atoms. The third-order valence-electron chi connectivity index (χ3n) is 6.12. The maximum absolute atomic E-state index is 12.7. The van der Waals surface area contributed by atoms with Crippen LogP contribution in [-0.2, 0) is 4.79 Å². The van der Waals surface area contributed by atoms with Crippen molar-refractivity contribution in [3.8, 4) is 0 Å². The van der Waals surface area contributed by atoms with Crippen LogP contribution in [0.4, 0.5) is 0 Å². The van der Waals surface area contributed by atoms with Crippen molar-refractivity contribution in [1.82, 2.24) is 15.2 Å². The Hall–Kier alpha value is -2.44. The Morgan fingerprint density at radius 1 is 1.09 bits per heavy atom. The number of benzene rings is 1. The fourth-order valence-corrected chi connectivity index (χ4v) is 4.55. The number of hydrogen-bond acceptors (Lipinski definition) is 4. The molecule has 1 unspecified atom stereocenters. The van der Waals surface area contributed by atoms with E-state index in [1.165, 1.54) is 0 Å². The van der Waals surface area contributed by atoms with E-state index < -0.39 is 6.04 Å². The molecule has 2 aromatic rings. The Bertz CT molecular complexity index is 1080. The number of aromatic nitrogens is 1. The van der Waals surface area contributed by atoms with Gasteiger partial charge in [0, 0.05) is 42.8 Å². The highest BCUT2D eigenvalue weighted by molar-refractivity contribution is 6.42. The lowest BCUT2D eigenvalue weighted by atomic mass is 9.91. The van der Waals surface area contributed by atoms with Crippen molar-refractivity contribution in [2.75, 3.05) is 19.6 Å². The average molecular weight is 473 g/mol. The number of piperidine rings is 1. The normalized spacial score (nSPS) is 17.9. The molecule has 0 aliphatic carbocycles. The van der Waals surface area contributed by atoms with Crippen molar-refractivity contribution in [3.63, 3.8) is 0 Å². The summed E-state index contributed by atoms with van der Waals surface area (Å²) >= 11 is 12.0. The van der Waals surface area contributed by atoms with Crippen LogP contribution in [0.5, 0.6) is 0 Å². The van der Waals surface area contributed by atoms with E-state index in [0.717, 1.165) is 55.8 Å². The van der Waals surface area contributed by atoms with Crippen LogP contribution < -0.4 is 15.9 Å². The second-order valence-electron chi connectivity index (χ2n) is 8.33. The Morgan fingerprint density at radius 2 is 1.91 bits per heavy atom. The summed E-state index contributed by atoms with van der Waals surface area (Å²) in [5, 5.41) is 5.58. The number of carbonyl (C=O) groups excluding carboxylic acids is 2. The molecular weight excluding hydrogens is 447 g/mol. The van der Waals surface area contributed by atoms with Gasteiger partial charge in [0.2, 0.25) is 5.91 Å². The quantitative estimate of drug-likeness (QED) is 0.629. The zero-order chi connectivity index (χ0) is 22.5. The van der Waals surface area contributed by atoms with E-state index in [4.69, 9.17) is 23.2 Å². The number of unbranched alkanes of at least 4 members (excludes halogenated alkanes) is 1. The number of carbonyl (C=O) groups is 2. The molecule has 0 saturated carbocycles. The predicted molar refractivity (Wildman–Crippen MR) is 125 cm³/mol. The van der Waals surface area contributed by atoms with Crippen molar-refractivity contribution in [1.29, 1.82) is 0 Å². The molecule has 0 radical (unpaired) electrons. The van der Waals surface area contributed by atoms with Gasteiger partial charge in [0.15, 0.2) is 0 Å². The first-order chi connectivity index (χ1) is 15.5. The van der Waals surface area contributed by atoms with Gasteiger partial charge in [0.25, 0.3) is 5.91 Å². The van der Waals surface area contributed by atoms with Crippen LogP contribution >= 0.6 is 23.2 Å². The largest absolute Gasteiger partial charge is 0.354 e. The Balaban J connectivity index is 1.13. The van der Waals surface area contributed by atoms with Crippen molar-refractivity contribution >= 4 is 41.1 Å². The number of likely N-dealkylation sites (tertiary alicyclic amines) is 1. The zero-order valence-electron chi connectivity index (χ0n) is 17.8. The SMILES string of the molecule is O=C(NCCCCC1CCN(C(=O)c2ccc(Cl)c(Cl)c2)CC1)C1C=c2cnccc2=N1. The lowest BCUT2D eigenvalue weighted by Gasteiger charge is -2.32. The summed E-state index contributed by atoms with van der Waals surface area (Å²) < 4.78 is 0. The van der Waals surface area contributed by atoms with Gasteiger partial charge in [-0.1, -0.05) is 36.0 Å². The molecule has 2 aliphatic heterocycles. The Labute approximate surface area is 197 Å². The average Bonchev–Trinajstić information content (AvgIpc) is 3.25. The summed E-state index contributed by atoms with van der Waals surface area (Å²) in [5.41, 5.74) is 0.583. The molecule has 4 rings (SSSR count). The first kappa shape index (κ1) is 22.7. The highest BCUT2D eigenvalue weighted by Gasteiger charge is 2.24. The molecule has 2 amide bonds. The summed E-state index contributed by atoms with van der Waals surface area (Å²) in [7, 11) is 0. The van der Waals surface area contributed by atoms with E-state index in [9.17, 15) is 9.59 Å². The van der Waals surface area contributed by atoms with Crippen molar-refractivity contribution in [2.45, 2.75) is 38.1 Å². The number of nitrogens with one attached hydrogen (secondary N) is 1. The molecule has 1 aromatic heterocycles. The molecule has 32 heavy (non-hydrogen) atoms. The standard InChI is InChI=1S/C24H26Cl2N4O2/c25-19-5-4-17(13-20(19)26)24(32)30-11-7-16(8-12-30)3-1-2-9-28-23(31)22-14-18-15-27-10-6-21(18)29-22/h4-6,10,13-16,22H,1-3,7-9,11-12H2,(H,28,31). The minimum absolute atomic E-state index is 0.0109. The monoisotopic (exact) mass is 472 g/mol. The molecule has 1 atom stereocenters. The Morgan fingerprint density at radius 3 is 2.66 bits per heavy atom. The summed E-state index contributed by atoms with van der Waals surface area (Å²) in [6, 6.07) is 6.40. The zero-order valence-corrected chi connectivity index (χ0v) is 19.3. The van der Waals surface area contributed by atoms with Gasteiger partial charge < -0.3 is 10.2 Å². The van der Waals surface area contributed by atoms with Crippen LogP contribution in [0.1, 0.15) is 42.5 Å². The van der Waals surface area contributed by atoms with E-state index in [-0.39, 0.29) is 11.8 Å². The maximum atomic E-state index is 12.7. The number of hydrogen-bond donors (Lipinski definition) is 1. The van der Waals surface area contributed by atoms with Gasteiger partial charge in [-0.25, -0.2) is 0 Å². The number of pyridine rings is 1. The second kappa shape index (κ2) is 10.5. The van der Waals surface area contributed by atoms with Crippen molar-refractivity contribution < 1.29 is 9.59 Å². The number of halogens is 2. The second-order valence-corrected chi connectivity index (χ2v) is 9.14. The van der Waals surface area contributed by atoms with E-state index in [0.29, 0.717) is 28.1 Å². The van der Waals surface area contributed by atoms with Crippen molar-refractivity contribution in [2.24, 2.45) is 10.9 Å². The number of fused-ring (bicyclic) bond motifs is 1. The molecule has 3 heterocycles. The fraction of sp³-hybridized carbons (Fsp3) is 0.417. The lowest BCUT2D eigenvalue weighted by molar-refractivity contribution is -0.121. The molecule has 1 aromatic carbocycles. The van der Waals surface area contributed by atoms with E-state index in [1.807, 2.05) is 17.0 Å². The summed E-state index contributed by atoms with van der Waals surface area (Å²) in [5.74, 6) is 0.566. The molecule has 1 fully saturated rings. The maximum Gasteiger partial charge on any atom is 0.253 e. The highest BCUT2D eigenvalue weighted by atomic mass is 35.5. The minimum Gasteiger partial charge on any atom is -0.354 e. The smallest absolute Gasteiger partial charge is 0.253 e. The molecule has 168 valence electrons.